The van der Waals surface area contributed by atoms with Gasteiger partial charge in [-0.15, -0.1) is 0 Å². The van der Waals surface area contributed by atoms with Crippen molar-refractivity contribution in [1.82, 2.24) is 47.9 Å². The van der Waals surface area contributed by atoms with Crippen molar-refractivity contribution in [2.75, 3.05) is 19.8 Å². The van der Waals surface area contributed by atoms with E-state index in [2.05, 4.69) is 47.5 Å². The molecule has 0 aromatic heterocycles. The highest BCUT2D eigenvalue weighted by Crippen LogP contribution is 2.13. The molecule has 34 nitrogen and oxygen atoms in total. The summed E-state index contributed by atoms with van der Waals surface area (Å²) in [6.45, 7) is 4.29. The van der Waals surface area contributed by atoms with Gasteiger partial charge in [0.25, 0.3) is 0 Å². The Labute approximate surface area is 493 Å². The minimum absolute atomic E-state index is 0.00425. The van der Waals surface area contributed by atoms with Crippen LogP contribution in [0.25, 0.3) is 0 Å². The SMILES string of the molecule is CC[C@H](C)[C@H](NC(=O)[C@H](CO)NC(=O)[C@H](CCC(N)=O)NC(=O)[C@H](CC(=O)O)NC(=O)[C@H](CCC(=O)O)NC(=O)[C@H](CO)NC(=O)[C@H](CCCN=C(N)N)NC(=O)[C@H](Cc1ccccc1)NC(=O)[C@@H](N)CC(C)C)C(=O)N[C@@H](CCC(=O)O)C(=O)O. The molecule has 11 atom stereocenters. The Kier molecular flexibility index (Phi) is 33.8. The van der Waals surface area contributed by atoms with E-state index in [0.717, 1.165) is 0 Å². The molecule has 86 heavy (non-hydrogen) atoms. The molecule has 0 spiro atoms. The molecule has 23 N–H and O–H groups in total. The van der Waals surface area contributed by atoms with E-state index >= 15 is 0 Å². The van der Waals surface area contributed by atoms with Gasteiger partial charge in [-0.05, 0) is 55.9 Å². The van der Waals surface area contributed by atoms with Crippen LogP contribution in [0.4, 0.5) is 0 Å². The van der Waals surface area contributed by atoms with Crippen molar-refractivity contribution in [3.05, 3.63) is 35.9 Å². The number of guanidine groups is 1. The normalized spacial score (nSPS) is 14.8. The molecule has 480 valence electrons. The Bertz CT molecular complexity index is 2550. The van der Waals surface area contributed by atoms with Gasteiger partial charge in [0.1, 0.15) is 54.4 Å². The van der Waals surface area contributed by atoms with Crippen molar-refractivity contribution < 1.29 is 97.8 Å². The Morgan fingerprint density at radius 2 is 0.895 bits per heavy atom. The highest BCUT2D eigenvalue weighted by molar-refractivity contribution is 5.99. The number of amides is 10. The largest absolute Gasteiger partial charge is 0.481 e. The number of aliphatic hydroxyl groups excluding tert-OH is 2. The molecule has 0 saturated heterocycles. The van der Waals surface area contributed by atoms with Gasteiger partial charge in [0.05, 0.1) is 25.7 Å². The van der Waals surface area contributed by atoms with Crippen LogP contribution in [-0.2, 0) is 73.5 Å². The highest BCUT2D eigenvalue weighted by atomic mass is 16.4. The maximum absolute atomic E-state index is 14.0. The predicted molar refractivity (Wildman–Crippen MR) is 301 cm³/mol. The van der Waals surface area contributed by atoms with E-state index in [1.165, 1.54) is 6.92 Å². The van der Waals surface area contributed by atoms with Crippen LogP contribution in [0, 0.1) is 11.8 Å². The first-order valence-corrected chi connectivity index (χ1v) is 27.3. The molecule has 1 aromatic rings. The lowest BCUT2D eigenvalue weighted by molar-refractivity contribution is -0.144. The van der Waals surface area contributed by atoms with Crippen molar-refractivity contribution >= 4 is 88.9 Å². The second-order valence-electron chi connectivity index (χ2n) is 20.4. The summed E-state index contributed by atoms with van der Waals surface area (Å²) in [5.74, 6) is -18.9. The van der Waals surface area contributed by atoms with E-state index in [-0.39, 0.29) is 50.5 Å². The molecule has 0 aliphatic carbocycles. The average molecular weight is 1220 g/mol. The number of hydrogen-bond acceptors (Lipinski definition) is 18. The number of aliphatic hydroxyl groups is 2. The van der Waals surface area contributed by atoms with Crippen molar-refractivity contribution in [3.8, 4) is 0 Å². The number of hydrogen-bond donors (Lipinski definition) is 19. The monoisotopic (exact) mass is 1220 g/mol. The second kappa shape index (κ2) is 38.7. The van der Waals surface area contributed by atoms with E-state index in [1.807, 2.05) is 19.2 Å². The lowest BCUT2D eigenvalue weighted by atomic mass is 9.97. The fraction of sp³-hybridized carbons (Fsp3) is 0.596. The first-order chi connectivity index (χ1) is 40.3. The summed E-state index contributed by atoms with van der Waals surface area (Å²) in [4.78, 5) is 186. The molecule has 0 saturated carbocycles. The van der Waals surface area contributed by atoms with Crippen LogP contribution in [0.3, 0.4) is 0 Å². The molecule has 0 heterocycles. The maximum atomic E-state index is 14.0. The van der Waals surface area contributed by atoms with Crippen LogP contribution in [0.1, 0.15) is 104 Å². The maximum Gasteiger partial charge on any atom is 0.326 e. The summed E-state index contributed by atoms with van der Waals surface area (Å²) in [5, 5.41) is 78.6. The standard InChI is InChI=1S/C52H82N14O20/c1-5-26(4)41(50(84)61-32(51(85)86)15-18-39(72)73)66-49(83)36(24-68)65-45(79)30(13-16-37(54)69)59-47(81)34(22-40(74)75)63-44(78)31(14-17-38(70)71)60-48(82)35(23-67)64-43(77)29(12-9-19-57-52(55)56)58-46(80)33(21-27-10-7-6-8-11-27)62-42(76)28(53)20-25(2)3/h6-8,10-11,25-26,28-36,41,67-68H,5,9,12-24,53H2,1-4H3,(H2,54,69)(H,58,80)(H,59,81)(H,60,82)(H,61,84)(H,62,76)(H,63,78)(H,64,77)(H,65,79)(H,66,83)(H,70,71)(H,72,73)(H,74,75)(H,85,86)(H4,55,56,57)/t26-,28-,29-,30-,31-,32-,33-,34-,35-,36-,41-/m0/s1. The molecule has 0 radical (unpaired) electrons. The summed E-state index contributed by atoms with van der Waals surface area (Å²) < 4.78 is 0. The van der Waals surface area contributed by atoms with Gasteiger partial charge in [0, 0.05) is 32.2 Å². The molecule has 0 fully saturated rings. The topological polar surface area (TPSA) is 585 Å². The van der Waals surface area contributed by atoms with E-state index in [1.54, 1.807) is 37.3 Å². The first kappa shape index (κ1) is 75.0. The fourth-order valence-corrected chi connectivity index (χ4v) is 7.97. The first-order valence-electron chi connectivity index (χ1n) is 27.3. The Balaban J connectivity index is 3.53. The van der Waals surface area contributed by atoms with Gasteiger partial charge in [-0.3, -0.25) is 67.3 Å². The molecule has 34 heteroatoms. The molecular weight excluding hydrogens is 1140 g/mol. The molecule has 1 aromatic carbocycles. The van der Waals surface area contributed by atoms with Crippen LogP contribution in [-0.4, -0.2) is 200 Å². The van der Waals surface area contributed by atoms with Crippen molar-refractivity contribution in [1.29, 1.82) is 0 Å². The Hall–Kier alpha value is -9.05. The van der Waals surface area contributed by atoms with Crippen LogP contribution in [0.2, 0.25) is 0 Å². The third-order valence-corrected chi connectivity index (χ3v) is 12.8. The van der Waals surface area contributed by atoms with E-state index in [0.29, 0.717) is 5.56 Å². The van der Waals surface area contributed by atoms with E-state index < -0.39 is 207 Å². The number of nitrogens with zero attached hydrogens (tertiary/aromatic N) is 1. The van der Waals surface area contributed by atoms with Gasteiger partial charge in [-0.2, -0.15) is 0 Å². The van der Waals surface area contributed by atoms with E-state index in [9.17, 15) is 92.7 Å². The number of carbonyl (C=O) groups excluding carboxylic acids is 10. The molecular formula is C52H82N14O20. The number of nitrogens with one attached hydrogen (secondary N) is 9. The molecule has 0 bridgehead atoms. The van der Waals surface area contributed by atoms with Crippen molar-refractivity contribution in [3.63, 3.8) is 0 Å². The fourth-order valence-electron chi connectivity index (χ4n) is 7.97. The number of rotatable bonds is 42. The number of nitrogens with two attached hydrogens (primary N) is 4. The molecule has 10 amide bonds. The van der Waals surface area contributed by atoms with Crippen molar-refractivity contribution in [2.24, 2.45) is 39.8 Å². The average Bonchev–Trinajstić information content (AvgIpc) is 2.32. The third-order valence-electron chi connectivity index (χ3n) is 12.8. The number of aliphatic imine (C=N–C) groups is 1. The van der Waals surface area contributed by atoms with E-state index in [4.69, 9.17) is 28.0 Å². The van der Waals surface area contributed by atoms with Gasteiger partial charge < -0.3 is 101 Å². The summed E-state index contributed by atoms with van der Waals surface area (Å²) in [5.41, 5.74) is 22.9. The molecule has 0 aliphatic rings. The summed E-state index contributed by atoms with van der Waals surface area (Å²) in [6, 6.07) is -8.69. The van der Waals surface area contributed by atoms with Crippen LogP contribution < -0.4 is 70.8 Å². The van der Waals surface area contributed by atoms with Crippen LogP contribution in [0.15, 0.2) is 35.3 Å². The molecule has 0 aliphatic heterocycles. The van der Waals surface area contributed by atoms with Crippen LogP contribution >= 0.6 is 0 Å². The minimum atomic E-state index is -2.19. The number of aliphatic carboxylic acids is 4. The zero-order valence-corrected chi connectivity index (χ0v) is 48.1. The van der Waals surface area contributed by atoms with Gasteiger partial charge in [0.15, 0.2) is 5.96 Å². The number of primary amides is 1. The molecule has 0 unspecified atom stereocenters. The van der Waals surface area contributed by atoms with Gasteiger partial charge in [0.2, 0.25) is 59.1 Å². The zero-order valence-electron chi connectivity index (χ0n) is 48.1. The highest BCUT2D eigenvalue weighted by Gasteiger charge is 2.37. The predicted octanol–water partition coefficient (Wildman–Crippen LogP) is -6.40. The lowest BCUT2D eigenvalue weighted by Crippen LogP contribution is -2.61. The smallest absolute Gasteiger partial charge is 0.326 e. The summed E-state index contributed by atoms with van der Waals surface area (Å²) in [7, 11) is 0. The number of benzene rings is 1. The Morgan fingerprint density at radius 3 is 1.34 bits per heavy atom. The summed E-state index contributed by atoms with van der Waals surface area (Å²) in [6.07, 6.45) is -5.25. The number of carbonyl (C=O) groups is 14. The van der Waals surface area contributed by atoms with Gasteiger partial charge >= 0.3 is 23.9 Å². The molecule has 1 rings (SSSR count). The quantitative estimate of drug-likeness (QED) is 0.0164. The van der Waals surface area contributed by atoms with Crippen molar-refractivity contribution in [2.45, 2.75) is 165 Å². The lowest BCUT2D eigenvalue weighted by Gasteiger charge is -2.28. The third kappa shape index (κ3) is 29.0. The zero-order chi connectivity index (χ0) is 65.4. The minimum Gasteiger partial charge on any atom is -0.481 e. The van der Waals surface area contributed by atoms with Crippen LogP contribution in [0.5, 0.6) is 0 Å². The van der Waals surface area contributed by atoms with Gasteiger partial charge in [-0.25, -0.2) is 4.79 Å². The number of carboxylic acids is 4. The van der Waals surface area contributed by atoms with Gasteiger partial charge in [-0.1, -0.05) is 64.4 Å². The second-order valence-corrected chi connectivity index (χ2v) is 20.4. The summed E-state index contributed by atoms with van der Waals surface area (Å²) >= 11 is 0. The number of carboxylic acid groups (broad SMARTS) is 4. The Morgan fingerprint density at radius 1 is 0.488 bits per heavy atom.